The van der Waals surface area contributed by atoms with Crippen molar-refractivity contribution in [3.05, 3.63) is 11.7 Å². The van der Waals surface area contributed by atoms with Crippen LogP contribution in [0.2, 0.25) is 0 Å². The Morgan fingerprint density at radius 2 is 2.27 bits per heavy atom. The van der Waals surface area contributed by atoms with Crippen LogP contribution in [-0.4, -0.2) is 10.1 Å². The van der Waals surface area contributed by atoms with Gasteiger partial charge < -0.3 is 10.3 Å². The van der Waals surface area contributed by atoms with Gasteiger partial charge in [-0.2, -0.15) is 4.98 Å². The molecular weight excluding hydrogens is 190 g/mol. The average molecular weight is 209 g/mol. The first-order chi connectivity index (χ1) is 7.12. The molecule has 0 amide bonds. The van der Waals surface area contributed by atoms with E-state index in [-0.39, 0.29) is 0 Å². The fraction of sp³-hybridized carbons (Fsp3) is 0.818. The SMILES string of the molecule is CCc1nc(C(C)(N)CC2CCC2)no1. The third kappa shape index (κ3) is 2.20. The Labute approximate surface area is 90.2 Å². The highest BCUT2D eigenvalue weighted by atomic mass is 16.5. The minimum atomic E-state index is -0.429. The minimum Gasteiger partial charge on any atom is -0.339 e. The smallest absolute Gasteiger partial charge is 0.226 e. The van der Waals surface area contributed by atoms with Crippen LogP contribution in [0.15, 0.2) is 4.52 Å². The van der Waals surface area contributed by atoms with Gasteiger partial charge in [0.1, 0.15) is 0 Å². The molecule has 2 N–H and O–H groups in total. The lowest BCUT2D eigenvalue weighted by atomic mass is 9.76. The molecule has 1 atom stereocenters. The number of hydrogen-bond donors (Lipinski definition) is 1. The molecule has 0 spiro atoms. The number of rotatable bonds is 4. The summed E-state index contributed by atoms with van der Waals surface area (Å²) >= 11 is 0. The van der Waals surface area contributed by atoms with Crippen LogP contribution in [0.25, 0.3) is 0 Å². The van der Waals surface area contributed by atoms with E-state index in [9.17, 15) is 0 Å². The first-order valence-corrected chi connectivity index (χ1v) is 5.74. The molecule has 2 rings (SSSR count). The average Bonchev–Trinajstić information content (AvgIpc) is 2.60. The molecule has 1 fully saturated rings. The molecule has 0 radical (unpaired) electrons. The van der Waals surface area contributed by atoms with E-state index in [1.807, 2.05) is 13.8 Å². The quantitative estimate of drug-likeness (QED) is 0.823. The Balaban J connectivity index is 2.05. The monoisotopic (exact) mass is 209 g/mol. The largest absolute Gasteiger partial charge is 0.339 e. The number of hydrogen-bond acceptors (Lipinski definition) is 4. The highest BCUT2D eigenvalue weighted by molar-refractivity contribution is 5.02. The number of nitrogens with two attached hydrogens (primary N) is 1. The van der Waals surface area contributed by atoms with E-state index in [1.165, 1.54) is 19.3 Å². The molecule has 1 aromatic rings. The molecule has 0 aromatic carbocycles. The van der Waals surface area contributed by atoms with Crippen molar-refractivity contribution in [1.29, 1.82) is 0 Å². The van der Waals surface area contributed by atoms with Gasteiger partial charge in [0, 0.05) is 6.42 Å². The lowest BCUT2D eigenvalue weighted by Gasteiger charge is -2.32. The molecule has 84 valence electrons. The van der Waals surface area contributed by atoms with Crippen molar-refractivity contribution >= 4 is 0 Å². The van der Waals surface area contributed by atoms with E-state index in [2.05, 4.69) is 10.1 Å². The van der Waals surface area contributed by atoms with Gasteiger partial charge in [0.15, 0.2) is 5.82 Å². The van der Waals surface area contributed by atoms with Crippen LogP contribution < -0.4 is 5.73 Å². The summed E-state index contributed by atoms with van der Waals surface area (Å²) in [6.07, 6.45) is 5.67. The summed E-state index contributed by atoms with van der Waals surface area (Å²) in [6.45, 7) is 3.99. The highest BCUT2D eigenvalue weighted by Gasteiger charge is 2.32. The fourth-order valence-corrected chi connectivity index (χ4v) is 2.02. The summed E-state index contributed by atoms with van der Waals surface area (Å²) in [5, 5.41) is 3.96. The van der Waals surface area contributed by atoms with Crippen LogP contribution in [-0.2, 0) is 12.0 Å². The normalized spacial score (nSPS) is 21.0. The second-order valence-corrected chi connectivity index (χ2v) is 4.78. The lowest BCUT2D eigenvalue weighted by molar-refractivity contribution is 0.225. The second kappa shape index (κ2) is 3.93. The van der Waals surface area contributed by atoms with Gasteiger partial charge in [-0.3, -0.25) is 0 Å². The Bertz CT molecular complexity index is 328. The van der Waals surface area contributed by atoms with Crippen molar-refractivity contribution in [2.24, 2.45) is 11.7 Å². The van der Waals surface area contributed by atoms with Gasteiger partial charge >= 0.3 is 0 Å². The number of aromatic nitrogens is 2. The fourth-order valence-electron chi connectivity index (χ4n) is 2.02. The van der Waals surface area contributed by atoms with Crippen molar-refractivity contribution < 1.29 is 4.52 Å². The van der Waals surface area contributed by atoms with E-state index >= 15 is 0 Å². The van der Waals surface area contributed by atoms with Gasteiger partial charge in [0.25, 0.3) is 0 Å². The van der Waals surface area contributed by atoms with Crippen LogP contribution in [0.1, 0.15) is 51.2 Å². The summed E-state index contributed by atoms with van der Waals surface area (Å²) in [6, 6.07) is 0. The molecular formula is C11H19N3O. The molecule has 0 saturated heterocycles. The van der Waals surface area contributed by atoms with Crippen molar-refractivity contribution in [2.45, 2.75) is 51.5 Å². The summed E-state index contributed by atoms with van der Waals surface area (Å²) in [4.78, 5) is 4.31. The predicted octanol–water partition coefficient (Wildman–Crippen LogP) is 2.00. The maximum Gasteiger partial charge on any atom is 0.226 e. The van der Waals surface area contributed by atoms with Crippen molar-refractivity contribution in [3.8, 4) is 0 Å². The molecule has 0 aliphatic heterocycles. The predicted molar refractivity (Wildman–Crippen MR) is 57.2 cm³/mol. The highest BCUT2D eigenvalue weighted by Crippen LogP contribution is 2.35. The zero-order valence-electron chi connectivity index (χ0n) is 9.49. The molecule has 1 saturated carbocycles. The van der Waals surface area contributed by atoms with Crippen molar-refractivity contribution in [2.75, 3.05) is 0 Å². The van der Waals surface area contributed by atoms with E-state index in [0.29, 0.717) is 11.7 Å². The van der Waals surface area contributed by atoms with Gasteiger partial charge in [-0.05, 0) is 19.3 Å². The van der Waals surface area contributed by atoms with Gasteiger partial charge in [0.05, 0.1) is 5.54 Å². The number of aryl methyl sites for hydroxylation is 1. The van der Waals surface area contributed by atoms with E-state index in [4.69, 9.17) is 10.3 Å². The third-order valence-corrected chi connectivity index (χ3v) is 3.22. The molecule has 15 heavy (non-hydrogen) atoms. The molecule has 1 heterocycles. The number of nitrogens with zero attached hydrogens (tertiary/aromatic N) is 2. The zero-order valence-corrected chi connectivity index (χ0v) is 9.49. The van der Waals surface area contributed by atoms with Crippen LogP contribution in [0, 0.1) is 5.92 Å². The van der Waals surface area contributed by atoms with Gasteiger partial charge in [-0.25, -0.2) is 0 Å². The molecule has 1 aromatic heterocycles. The molecule has 1 aliphatic rings. The zero-order chi connectivity index (χ0) is 10.9. The molecule has 1 aliphatic carbocycles. The first-order valence-electron chi connectivity index (χ1n) is 5.74. The minimum absolute atomic E-state index is 0.429. The summed E-state index contributed by atoms with van der Waals surface area (Å²) in [5.74, 6) is 2.09. The van der Waals surface area contributed by atoms with Gasteiger partial charge in [-0.1, -0.05) is 31.3 Å². The topological polar surface area (TPSA) is 64.9 Å². The van der Waals surface area contributed by atoms with Crippen molar-refractivity contribution in [3.63, 3.8) is 0 Å². The van der Waals surface area contributed by atoms with Crippen molar-refractivity contribution in [1.82, 2.24) is 10.1 Å². The Kier molecular flexibility index (Phi) is 2.78. The standard InChI is InChI=1S/C11H19N3O/c1-3-9-13-10(14-15-9)11(2,12)7-8-5-4-6-8/h8H,3-7,12H2,1-2H3. The third-order valence-electron chi connectivity index (χ3n) is 3.22. The van der Waals surface area contributed by atoms with Crippen LogP contribution in [0.3, 0.4) is 0 Å². The molecule has 0 bridgehead atoms. The molecule has 4 heteroatoms. The van der Waals surface area contributed by atoms with E-state index in [0.717, 1.165) is 18.8 Å². The van der Waals surface area contributed by atoms with Crippen LogP contribution in [0.5, 0.6) is 0 Å². The Hall–Kier alpha value is -0.900. The maximum atomic E-state index is 6.23. The second-order valence-electron chi connectivity index (χ2n) is 4.78. The maximum absolute atomic E-state index is 6.23. The van der Waals surface area contributed by atoms with Crippen LogP contribution >= 0.6 is 0 Å². The molecule has 1 unspecified atom stereocenters. The summed E-state index contributed by atoms with van der Waals surface area (Å²) in [7, 11) is 0. The summed E-state index contributed by atoms with van der Waals surface area (Å²) < 4.78 is 5.09. The van der Waals surface area contributed by atoms with Gasteiger partial charge in [-0.15, -0.1) is 0 Å². The lowest BCUT2D eigenvalue weighted by Crippen LogP contribution is -2.38. The Morgan fingerprint density at radius 1 is 1.53 bits per heavy atom. The summed E-state index contributed by atoms with van der Waals surface area (Å²) in [5.41, 5.74) is 5.80. The van der Waals surface area contributed by atoms with E-state index < -0.39 is 5.54 Å². The van der Waals surface area contributed by atoms with Gasteiger partial charge in [0.2, 0.25) is 5.89 Å². The van der Waals surface area contributed by atoms with Crippen LogP contribution in [0.4, 0.5) is 0 Å². The first kappa shape index (κ1) is 10.6. The molecule has 4 nitrogen and oxygen atoms in total. The van der Waals surface area contributed by atoms with E-state index in [1.54, 1.807) is 0 Å². The Morgan fingerprint density at radius 3 is 2.73 bits per heavy atom.